The monoisotopic (exact) mass is 196 g/mol. The van der Waals surface area contributed by atoms with Crippen LogP contribution in [0.15, 0.2) is 23.4 Å². The van der Waals surface area contributed by atoms with Crippen molar-refractivity contribution in [2.75, 3.05) is 11.5 Å². The Bertz CT molecular complexity index is 250. The Kier molecular flexibility index (Phi) is 4.68. The summed E-state index contributed by atoms with van der Waals surface area (Å²) in [7, 11) is 0. The highest BCUT2D eigenvalue weighted by Gasteiger charge is 1.97. The van der Waals surface area contributed by atoms with E-state index < -0.39 is 0 Å². The van der Waals surface area contributed by atoms with Gasteiger partial charge >= 0.3 is 0 Å². The number of nitrogens with two attached hydrogens (primary N) is 1. The second-order valence-corrected chi connectivity index (χ2v) is 4.11. The maximum absolute atomic E-state index is 5.77. The predicted octanol–water partition coefficient (Wildman–Crippen LogP) is 2.95. The number of anilines is 1. The summed E-state index contributed by atoms with van der Waals surface area (Å²) in [5.74, 6) is 1.14. The lowest BCUT2D eigenvalue weighted by Gasteiger charge is -2.03. The SMILES string of the molecule is CCCCCSc1cnccc1N. The Morgan fingerprint density at radius 3 is 3.00 bits per heavy atom. The molecule has 1 rings (SSSR count). The van der Waals surface area contributed by atoms with Crippen LogP contribution in [0.25, 0.3) is 0 Å². The lowest BCUT2D eigenvalue weighted by Crippen LogP contribution is -1.89. The number of nitrogen functional groups attached to an aromatic ring is 1. The second-order valence-electron chi connectivity index (χ2n) is 2.97. The zero-order chi connectivity index (χ0) is 9.52. The lowest BCUT2D eigenvalue weighted by atomic mass is 10.3. The van der Waals surface area contributed by atoms with Gasteiger partial charge in [0.2, 0.25) is 0 Å². The van der Waals surface area contributed by atoms with E-state index in [9.17, 15) is 0 Å². The number of nitrogens with zero attached hydrogens (tertiary/aromatic N) is 1. The zero-order valence-corrected chi connectivity index (χ0v) is 8.81. The van der Waals surface area contributed by atoms with Crippen LogP contribution in [-0.4, -0.2) is 10.7 Å². The van der Waals surface area contributed by atoms with Crippen LogP contribution in [0.1, 0.15) is 26.2 Å². The summed E-state index contributed by atoms with van der Waals surface area (Å²) in [5.41, 5.74) is 6.62. The number of aromatic nitrogens is 1. The summed E-state index contributed by atoms with van der Waals surface area (Å²) in [6, 6.07) is 1.85. The molecule has 1 heterocycles. The largest absolute Gasteiger partial charge is 0.398 e. The highest BCUT2D eigenvalue weighted by atomic mass is 32.2. The Labute approximate surface area is 83.9 Å². The van der Waals surface area contributed by atoms with E-state index in [1.807, 2.05) is 12.3 Å². The molecular weight excluding hydrogens is 180 g/mol. The Morgan fingerprint density at radius 1 is 1.46 bits per heavy atom. The number of rotatable bonds is 5. The van der Waals surface area contributed by atoms with E-state index in [-0.39, 0.29) is 0 Å². The molecule has 0 spiro atoms. The fourth-order valence-electron chi connectivity index (χ4n) is 1.05. The first-order valence-corrected chi connectivity index (χ1v) is 5.65. The van der Waals surface area contributed by atoms with Crippen molar-refractivity contribution in [1.29, 1.82) is 0 Å². The fourth-order valence-corrected chi connectivity index (χ4v) is 1.98. The topological polar surface area (TPSA) is 38.9 Å². The van der Waals surface area contributed by atoms with E-state index in [0.29, 0.717) is 0 Å². The van der Waals surface area contributed by atoms with Gasteiger partial charge in [-0.05, 0) is 18.2 Å². The summed E-state index contributed by atoms with van der Waals surface area (Å²) < 4.78 is 0. The van der Waals surface area contributed by atoms with Crippen molar-refractivity contribution < 1.29 is 0 Å². The third-order valence-corrected chi connectivity index (χ3v) is 2.97. The summed E-state index contributed by atoms with van der Waals surface area (Å²) >= 11 is 1.80. The molecule has 0 aromatic carbocycles. The van der Waals surface area contributed by atoms with Crippen molar-refractivity contribution >= 4 is 17.4 Å². The highest BCUT2D eigenvalue weighted by Crippen LogP contribution is 2.24. The van der Waals surface area contributed by atoms with Gasteiger partial charge in [-0.3, -0.25) is 4.98 Å². The van der Waals surface area contributed by atoms with Gasteiger partial charge in [0, 0.05) is 23.0 Å². The van der Waals surface area contributed by atoms with Gasteiger partial charge in [0.25, 0.3) is 0 Å². The molecule has 0 radical (unpaired) electrons. The van der Waals surface area contributed by atoms with Gasteiger partial charge in [0.05, 0.1) is 0 Å². The quantitative estimate of drug-likeness (QED) is 0.581. The molecule has 72 valence electrons. The summed E-state index contributed by atoms with van der Waals surface area (Å²) in [6.07, 6.45) is 7.39. The Morgan fingerprint density at radius 2 is 2.31 bits per heavy atom. The maximum Gasteiger partial charge on any atom is 0.0486 e. The first kappa shape index (κ1) is 10.4. The minimum absolute atomic E-state index is 0.844. The van der Waals surface area contributed by atoms with Gasteiger partial charge < -0.3 is 5.73 Å². The molecule has 13 heavy (non-hydrogen) atoms. The van der Waals surface area contributed by atoms with Gasteiger partial charge in [-0.25, -0.2) is 0 Å². The Hall–Kier alpha value is -0.700. The number of hydrogen-bond donors (Lipinski definition) is 1. The predicted molar refractivity (Wildman–Crippen MR) is 58.9 cm³/mol. The average Bonchev–Trinajstić information content (AvgIpc) is 2.15. The fraction of sp³-hybridized carbons (Fsp3) is 0.500. The molecule has 0 fully saturated rings. The van der Waals surface area contributed by atoms with Crippen molar-refractivity contribution in [1.82, 2.24) is 4.98 Å². The van der Waals surface area contributed by atoms with Gasteiger partial charge in [-0.15, -0.1) is 11.8 Å². The molecule has 3 heteroatoms. The molecule has 0 aliphatic rings. The highest BCUT2D eigenvalue weighted by molar-refractivity contribution is 7.99. The van der Waals surface area contributed by atoms with Crippen LogP contribution >= 0.6 is 11.8 Å². The Balaban J connectivity index is 2.32. The zero-order valence-electron chi connectivity index (χ0n) is 7.99. The van der Waals surface area contributed by atoms with Crippen molar-refractivity contribution in [2.45, 2.75) is 31.1 Å². The van der Waals surface area contributed by atoms with Crippen molar-refractivity contribution in [2.24, 2.45) is 0 Å². The van der Waals surface area contributed by atoms with Crippen LogP contribution in [-0.2, 0) is 0 Å². The molecule has 0 bridgehead atoms. The van der Waals surface area contributed by atoms with E-state index in [1.54, 1.807) is 18.0 Å². The maximum atomic E-state index is 5.77. The molecule has 2 nitrogen and oxygen atoms in total. The number of pyridine rings is 1. The van der Waals surface area contributed by atoms with Crippen LogP contribution in [0.5, 0.6) is 0 Å². The van der Waals surface area contributed by atoms with Crippen LogP contribution in [0.3, 0.4) is 0 Å². The number of thioether (sulfide) groups is 1. The van der Waals surface area contributed by atoms with Crippen LogP contribution < -0.4 is 5.73 Å². The van der Waals surface area contributed by atoms with Crippen molar-refractivity contribution in [3.8, 4) is 0 Å². The summed E-state index contributed by atoms with van der Waals surface area (Å²) in [4.78, 5) is 5.15. The minimum Gasteiger partial charge on any atom is -0.398 e. The number of hydrogen-bond acceptors (Lipinski definition) is 3. The molecular formula is C10H16N2S. The molecule has 1 aromatic heterocycles. The normalized spacial score (nSPS) is 10.2. The average molecular weight is 196 g/mol. The summed E-state index contributed by atoms with van der Waals surface area (Å²) in [6.45, 7) is 2.21. The molecule has 0 aliphatic carbocycles. The van der Waals surface area contributed by atoms with Gasteiger partial charge in [-0.2, -0.15) is 0 Å². The smallest absolute Gasteiger partial charge is 0.0486 e. The van der Waals surface area contributed by atoms with Crippen molar-refractivity contribution in [3.63, 3.8) is 0 Å². The van der Waals surface area contributed by atoms with E-state index in [4.69, 9.17) is 5.73 Å². The first-order chi connectivity index (χ1) is 6.34. The number of unbranched alkanes of at least 4 members (excludes halogenated alkanes) is 2. The molecule has 0 unspecified atom stereocenters. The third-order valence-electron chi connectivity index (χ3n) is 1.82. The molecule has 0 amide bonds. The van der Waals surface area contributed by atoms with Gasteiger partial charge in [0.1, 0.15) is 0 Å². The molecule has 0 atom stereocenters. The molecule has 0 saturated carbocycles. The van der Waals surface area contributed by atoms with Crippen molar-refractivity contribution in [3.05, 3.63) is 18.5 Å². The molecule has 0 saturated heterocycles. The van der Waals surface area contributed by atoms with Gasteiger partial charge in [0.15, 0.2) is 0 Å². The van der Waals surface area contributed by atoms with E-state index in [0.717, 1.165) is 16.3 Å². The molecule has 2 N–H and O–H groups in total. The van der Waals surface area contributed by atoms with E-state index in [1.165, 1.54) is 19.3 Å². The molecule has 1 aromatic rings. The molecule has 0 aliphatic heterocycles. The van der Waals surface area contributed by atoms with E-state index >= 15 is 0 Å². The van der Waals surface area contributed by atoms with Gasteiger partial charge in [-0.1, -0.05) is 19.8 Å². The van der Waals surface area contributed by atoms with E-state index in [2.05, 4.69) is 11.9 Å². The summed E-state index contributed by atoms with van der Waals surface area (Å²) in [5, 5.41) is 0. The van der Waals surface area contributed by atoms with Crippen LogP contribution in [0.2, 0.25) is 0 Å². The third kappa shape index (κ3) is 3.68. The standard InChI is InChI=1S/C10H16N2S/c1-2-3-4-7-13-10-8-12-6-5-9(10)11/h5-6,8H,2-4,7H2,1H3,(H2,11,12). The minimum atomic E-state index is 0.844. The first-order valence-electron chi connectivity index (χ1n) is 4.67. The van der Waals surface area contributed by atoms with Crippen LogP contribution in [0, 0.1) is 0 Å². The second kappa shape index (κ2) is 5.86. The lowest BCUT2D eigenvalue weighted by molar-refractivity contribution is 0.778. The van der Waals surface area contributed by atoms with Crippen LogP contribution in [0.4, 0.5) is 5.69 Å².